The summed E-state index contributed by atoms with van der Waals surface area (Å²) < 4.78 is 23.9. The molecule has 0 spiro atoms. The molecule has 0 amide bonds. The molecule has 0 aromatic rings. The zero-order valence-electron chi connectivity index (χ0n) is 7.94. The van der Waals surface area contributed by atoms with Gasteiger partial charge in [0.05, 0.1) is 13.2 Å². The molecule has 0 aliphatic heterocycles. The van der Waals surface area contributed by atoms with Crippen LogP contribution in [0.4, 0.5) is 0 Å². The van der Waals surface area contributed by atoms with Crippen LogP contribution in [0.3, 0.4) is 0 Å². The molecule has 0 aromatic carbocycles. The van der Waals surface area contributed by atoms with Crippen LogP contribution in [0.25, 0.3) is 0 Å². The quantitative estimate of drug-likeness (QED) is 0.333. The van der Waals surface area contributed by atoms with E-state index in [1.165, 1.54) is 0 Å². The maximum atomic E-state index is 11.0. The van der Waals surface area contributed by atoms with Gasteiger partial charge in [-0.3, -0.25) is 13.8 Å². The Bertz CT molecular complexity index is 224. The first-order chi connectivity index (χ1) is 7.02. The molecule has 0 aliphatic carbocycles. The Kier molecular flexibility index (Phi) is 7.49. The lowest BCUT2D eigenvalue weighted by Gasteiger charge is -2.14. The molecule has 0 bridgehead atoms. The van der Waals surface area contributed by atoms with E-state index in [-0.39, 0.29) is 26.2 Å². The minimum Gasteiger partial charge on any atom is -0.465 e. The van der Waals surface area contributed by atoms with Crippen LogP contribution in [-0.4, -0.2) is 48.9 Å². The molecule has 8 nitrogen and oxygen atoms in total. The van der Waals surface area contributed by atoms with Crippen molar-refractivity contribution in [2.45, 2.75) is 6.10 Å². The molecule has 2 unspecified atom stereocenters. The van der Waals surface area contributed by atoms with Gasteiger partial charge in [-0.1, -0.05) is 0 Å². The first-order valence-electron chi connectivity index (χ1n) is 4.07. The van der Waals surface area contributed by atoms with E-state index in [2.05, 4.69) is 13.8 Å². The van der Waals surface area contributed by atoms with Gasteiger partial charge in [0.2, 0.25) is 0 Å². The van der Waals surface area contributed by atoms with Gasteiger partial charge < -0.3 is 20.5 Å². The Morgan fingerprint density at radius 2 is 2.07 bits per heavy atom. The smallest absolute Gasteiger partial charge is 0.465 e. The number of phosphoric ester groups is 1. The highest BCUT2D eigenvalue weighted by atomic mass is 31.2. The predicted molar refractivity (Wildman–Crippen MR) is 48.8 cm³/mol. The molecule has 0 fully saturated rings. The second-order valence-electron chi connectivity index (χ2n) is 2.47. The number of carbonyl (C=O) groups is 1. The number of phosphoric acid groups is 1. The first kappa shape index (κ1) is 14.5. The minimum absolute atomic E-state index is 0.0741. The van der Waals surface area contributed by atoms with Crippen LogP contribution in [-0.2, 0) is 23.1 Å². The maximum Gasteiger partial charge on any atom is 0.472 e. The summed E-state index contributed by atoms with van der Waals surface area (Å²) >= 11 is 0. The van der Waals surface area contributed by atoms with Crippen LogP contribution < -0.4 is 5.73 Å². The number of nitrogens with two attached hydrogens (primary N) is 1. The lowest BCUT2D eigenvalue weighted by molar-refractivity contribution is -0.132. The summed E-state index contributed by atoms with van der Waals surface area (Å²) in [5, 5.41) is 9.05. The van der Waals surface area contributed by atoms with Crippen molar-refractivity contribution in [2.24, 2.45) is 5.73 Å². The highest BCUT2D eigenvalue weighted by Gasteiger charge is 2.22. The van der Waals surface area contributed by atoms with E-state index in [9.17, 15) is 9.36 Å². The molecule has 0 saturated carbocycles. The van der Waals surface area contributed by atoms with Gasteiger partial charge in [0.1, 0.15) is 12.7 Å². The fourth-order valence-electron chi connectivity index (χ4n) is 0.584. The Balaban J connectivity index is 3.71. The molecular weight excluding hydrogens is 229 g/mol. The molecular formula is C6H14NO7P. The normalized spacial score (nSPS) is 16.7. The van der Waals surface area contributed by atoms with E-state index in [1.807, 2.05) is 0 Å². The Morgan fingerprint density at radius 1 is 1.40 bits per heavy atom. The third kappa shape index (κ3) is 8.49. The van der Waals surface area contributed by atoms with Gasteiger partial charge in [-0.05, 0) is 0 Å². The van der Waals surface area contributed by atoms with Crippen LogP contribution >= 0.6 is 7.82 Å². The zero-order chi connectivity index (χ0) is 11.7. The number of ether oxygens (including phenoxy) is 1. The fourth-order valence-corrected chi connectivity index (χ4v) is 1.36. The molecule has 15 heavy (non-hydrogen) atoms. The fraction of sp³-hybridized carbons (Fsp3) is 0.833. The summed E-state index contributed by atoms with van der Waals surface area (Å²) in [6.07, 6.45) is -1.18. The molecule has 0 aliphatic rings. The first-order valence-corrected chi connectivity index (χ1v) is 5.56. The van der Waals surface area contributed by atoms with Gasteiger partial charge in [0, 0.05) is 6.54 Å². The number of aliphatic hydroxyl groups excluding tert-OH is 1. The molecule has 0 rings (SSSR count). The van der Waals surface area contributed by atoms with E-state index in [0.29, 0.717) is 0 Å². The van der Waals surface area contributed by atoms with Crippen molar-refractivity contribution in [1.29, 1.82) is 0 Å². The van der Waals surface area contributed by atoms with Gasteiger partial charge in [-0.2, -0.15) is 0 Å². The van der Waals surface area contributed by atoms with Gasteiger partial charge in [0.25, 0.3) is 6.47 Å². The highest BCUT2D eigenvalue weighted by Crippen LogP contribution is 2.42. The molecule has 0 radical (unpaired) electrons. The average molecular weight is 243 g/mol. The van der Waals surface area contributed by atoms with Crippen molar-refractivity contribution < 1.29 is 33.1 Å². The highest BCUT2D eigenvalue weighted by molar-refractivity contribution is 7.47. The van der Waals surface area contributed by atoms with E-state index < -0.39 is 20.5 Å². The monoisotopic (exact) mass is 243 g/mol. The van der Waals surface area contributed by atoms with Crippen molar-refractivity contribution in [3.63, 3.8) is 0 Å². The summed E-state index contributed by atoms with van der Waals surface area (Å²) in [6, 6.07) is 0. The third-order valence-corrected chi connectivity index (χ3v) is 2.14. The molecule has 4 N–H and O–H groups in total. The largest absolute Gasteiger partial charge is 0.472 e. The number of aliphatic hydroxyl groups is 1. The van der Waals surface area contributed by atoms with Gasteiger partial charge in [-0.15, -0.1) is 0 Å². The summed E-state index contributed by atoms with van der Waals surface area (Å²) in [6.45, 7) is -0.710. The minimum atomic E-state index is -4.18. The number of carbonyl (C=O) groups excluding carboxylic acids is 1. The maximum absolute atomic E-state index is 11.0. The molecule has 2 atom stereocenters. The van der Waals surface area contributed by atoms with Crippen LogP contribution in [0.2, 0.25) is 0 Å². The van der Waals surface area contributed by atoms with Gasteiger partial charge in [0.15, 0.2) is 0 Å². The van der Waals surface area contributed by atoms with Crippen molar-refractivity contribution in [3.05, 3.63) is 0 Å². The molecule has 9 heteroatoms. The zero-order valence-corrected chi connectivity index (χ0v) is 8.84. The SMILES string of the molecule is NCCOP(=O)(O)OCC(O)COC=O. The van der Waals surface area contributed by atoms with Gasteiger partial charge >= 0.3 is 7.82 Å². The van der Waals surface area contributed by atoms with E-state index in [4.69, 9.17) is 15.7 Å². The third-order valence-electron chi connectivity index (χ3n) is 1.16. The molecule has 0 saturated heterocycles. The van der Waals surface area contributed by atoms with Crippen molar-refractivity contribution >= 4 is 14.3 Å². The van der Waals surface area contributed by atoms with E-state index in [1.54, 1.807) is 0 Å². The molecule has 90 valence electrons. The average Bonchev–Trinajstić information content (AvgIpc) is 2.21. The summed E-state index contributed by atoms with van der Waals surface area (Å²) in [7, 11) is -4.18. The summed E-state index contributed by atoms with van der Waals surface area (Å²) in [5.41, 5.74) is 5.04. The Morgan fingerprint density at radius 3 is 2.60 bits per heavy atom. The number of hydrogen-bond donors (Lipinski definition) is 3. The van der Waals surface area contributed by atoms with E-state index in [0.717, 1.165) is 0 Å². The van der Waals surface area contributed by atoms with Crippen molar-refractivity contribution in [2.75, 3.05) is 26.4 Å². The lowest BCUT2D eigenvalue weighted by atomic mass is 10.4. The van der Waals surface area contributed by atoms with Gasteiger partial charge in [-0.25, -0.2) is 4.57 Å². The standard InChI is InChI=1S/C6H14NO7P/c7-1-2-13-15(10,11)14-4-6(9)3-12-5-8/h5-6,9H,1-4,7H2,(H,10,11). The van der Waals surface area contributed by atoms with E-state index >= 15 is 0 Å². The van der Waals surface area contributed by atoms with Crippen molar-refractivity contribution in [1.82, 2.24) is 0 Å². The van der Waals surface area contributed by atoms with Crippen molar-refractivity contribution in [3.8, 4) is 0 Å². The summed E-state index contributed by atoms with van der Waals surface area (Å²) in [5.74, 6) is 0. The number of hydrogen-bond acceptors (Lipinski definition) is 7. The van der Waals surface area contributed by atoms with Crippen LogP contribution in [0.15, 0.2) is 0 Å². The lowest BCUT2D eigenvalue weighted by Crippen LogP contribution is -2.21. The predicted octanol–water partition coefficient (Wildman–Crippen LogP) is -1.39. The second kappa shape index (κ2) is 7.75. The topological polar surface area (TPSA) is 128 Å². The van der Waals surface area contributed by atoms with Crippen LogP contribution in [0.5, 0.6) is 0 Å². The Labute approximate surface area is 86.5 Å². The second-order valence-corrected chi connectivity index (χ2v) is 3.92. The molecule has 0 aromatic heterocycles. The van der Waals surface area contributed by atoms with Crippen LogP contribution in [0, 0.1) is 0 Å². The summed E-state index contributed by atoms with van der Waals surface area (Å²) in [4.78, 5) is 18.7. The Hall–Kier alpha value is -0.500. The molecule has 0 heterocycles. The van der Waals surface area contributed by atoms with Crippen LogP contribution in [0.1, 0.15) is 0 Å². The number of rotatable bonds is 9.